The second-order valence-corrected chi connectivity index (χ2v) is 4.40. The average molecular weight is 237 g/mol. The SMILES string of the molecule is Fc1cc(N2CCCCC2)c2occc2c1F. The molecule has 17 heavy (non-hydrogen) atoms. The van der Waals surface area contributed by atoms with E-state index in [-0.39, 0.29) is 5.39 Å². The third kappa shape index (κ3) is 1.68. The zero-order chi connectivity index (χ0) is 11.8. The summed E-state index contributed by atoms with van der Waals surface area (Å²) in [6, 6.07) is 2.72. The van der Waals surface area contributed by atoms with Crippen molar-refractivity contribution in [1.82, 2.24) is 0 Å². The lowest BCUT2D eigenvalue weighted by atomic mass is 10.1. The molecular formula is C13H13F2NO. The lowest BCUT2D eigenvalue weighted by molar-refractivity contribution is 0.512. The van der Waals surface area contributed by atoms with Crippen molar-refractivity contribution in [3.05, 3.63) is 30.0 Å². The summed E-state index contributed by atoms with van der Waals surface area (Å²) in [7, 11) is 0. The first-order valence-corrected chi connectivity index (χ1v) is 5.87. The molecule has 2 heterocycles. The Kier molecular flexibility index (Phi) is 2.50. The first kappa shape index (κ1) is 10.6. The minimum absolute atomic E-state index is 0.227. The maximum absolute atomic E-state index is 13.5. The Bertz CT molecular complexity index is 544. The highest BCUT2D eigenvalue weighted by Gasteiger charge is 2.20. The van der Waals surface area contributed by atoms with E-state index in [2.05, 4.69) is 4.90 Å². The van der Waals surface area contributed by atoms with Crippen LogP contribution in [0.1, 0.15) is 19.3 Å². The van der Waals surface area contributed by atoms with Crippen molar-refractivity contribution in [2.24, 2.45) is 0 Å². The molecule has 0 saturated carbocycles. The van der Waals surface area contributed by atoms with E-state index in [1.54, 1.807) is 0 Å². The minimum atomic E-state index is -0.825. The van der Waals surface area contributed by atoms with Gasteiger partial charge < -0.3 is 9.32 Å². The summed E-state index contributed by atoms with van der Waals surface area (Å²) in [5.41, 5.74) is 1.12. The van der Waals surface area contributed by atoms with Gasteiger partial charge in [-0.05, 0) is 25.3 Å². The van der Waals surface area contributed by atoms with Crippen LogP contribution in [0.4, 0.5) is 14.5 Å². The van der Waals surface area contributed by atoms with Gasteiger partial charge >= 0.3 is 0 Å². The van der Waals surface area contributed by atoms with Crippen LogP contribution in [0.5, 0.6) is 0 Å². The van der Waals surface area contributed by atoms with E-state index in [1.165, 1.54) is 24.8 Å². The van der Waals surface area contributed by atoms with Crippen LogP contribution in [0.25, 0.3) is 11.0 Å². The van der Waals surface area contributed by atoms with Crippen LogP contribution in [0.3, 0.4) is 0 Å². The molecule has 1 aromatic heterocycles. The van der Waals surface area contributed by atoms with E-state index in [1.807, 2.05) is 0 Å². The van der Waals surface area contributed by atoms with Gasteiger partial charge in [-0.2, -0.15) is 0 Å². The van der Waals surface area contributed by atoms with Crippen LogP contribution >= 0.6 is 0 Å². The molecule has 1 aliphatic heterocycles. The molecule has 90 valence electrons. The molecule has 1 aliphatic rings. The highest BCUT2D eigenvalue weighted by molar-refractivity contribution is 5.90. The Labute approximate surface area is 97.8 Å². The van der Waals surface area contributed by atoms with E-state index < -0.39 is 11.6 Å². The van der Waals surface area contributed by atoms with Crippen molar-refractivity contribution in [3.63, 3.8) is 0 Å². The van der Waals surface area contributed by atoms with Gasteiger partial charge in [0.2, 0.25) is 0 Å². The summed E-state index contributed by atoms with van der Waals surface area (Å²) in [5, 5.41) is 0.227. The molecule has 1 aromatic carbocycles. The molecule has 0 spiro atoms. The molecular weight excluding hydrogens is 224 g/mol. The summed E-state index contributed by atoms with van der Waals surface area (Å²) in [5.74, 6) is -1.63. The van der Waals surface area contributed by atoms with Crippen molar-refractivity contribution >= 4 is 16.7 Å². The van der Waals surface area contributed by atoms with Crippen molar-refractivity contribution in [3.8, 4) is 0 Å². The third-order valence-corrected chi connectivity index (χ3v) is 3.30. The number of hydrogen-bond donors (Lipinski definition) is 0. The van der Waals surface area contributed by atoms with Crippen molar-refractivity contribution in [2.75, 3.05) is 18.0 Å². The Morgan fingerprint density at radius 2 is 1.88 bits per heavy atom. The monoisotopic (exact) mass is 237 g/mol. The van der Waals surface area contributed by atoms with Gasteiger partial charge in [0.1, 0.15) is 0 Å². The fourth-order valence-electron chi connectivity index (χ4n) is 2.43. The van der Waals surface area contributed by atoms with Crippen LogP contribution in [0.2, 0.25) is 0 Å². The molecule has 0 unspecified atom stereocenters. The van der Waals surface area contributed by atoms with Gasteiger partial charge in [-0.15, -0.1) is 0 Å². The summed E-state index contributed by atoms with van der Waals surface area (Å²) in [4.78, 5) is 2.07. The fraction of sp³-hybridized carbons (Fsp3) is 0.385. The van der Waals surface area contributed by atoms with E-state index in [0.29, 0.717) is 11.3 Å². The number of benzene rings is 1. The fourth-order valence-corrected chi connectivity index (χ4v) is 2.43. The molecule has 0 amide bonds. The maximum atomic E-state index is 13.5. The number of fused-ring (bicyclic) bond motifs is 1. The Balaban J connectivity index is 2.14. The van der Waals surface area contributed by atoms with Crippen molar-refractivity contribution in [1.29, 1.82) is 0 Å². The molecule has 2 aromatic rings. The van der Waals surface area contributed by atoms with E-state index in [0.717, 1.165) is 25.9 Å². The lowest BCUT2D eigenvalue weighted by Gasteiger charge is -2.28. The van der Waals surface area contributed by atoms with Gasteiger partial charge in [-0.1, -0.05) is 0 Å². The maximum Gasteiger partial charge on any atom is 0.170 e. The second kappa shape index (κ2) is 4.02. The molecule has 0 aliphatic carbocycles. The van der Waals surface area contributed by atoms with Crippen LogP contribution in [-0.2, 0) is 0 Å². The zero-order valence-electron chi connectivity index (χ0n) is 9.38. The average Bonchev–Trinajstić information content (AvgIpc) is 2.84. The lowest BCUT2D eigenvalue weighted by Crippen LogP contribution is -2.29. The summed E-state index contributed by atoms with van der Waals surface area (Å²) in [6.45, 7) is 1.75. The van der Waals surface area contributed by atoms with E-state index >= 15 is 0 Å². The molecule has 1 fully saturated rings. The predicted octanol–water partition coefficient (Wildman–Crippen LogP) is 3.70. The summed E-state index contributed by atoms with van der Waals surface area (Å²) in [6.07, 6.45) is 4.77. The van der Waals surface area contributed by atoms with E-state index in [9.17, 15) is 8.78 Å². The molecule has 4 heteroatoms. The summed E-state index contributed by atoms with van der Waals surface area (Å²) < 4.78 is 32.3. The Hall–Kier alpha value is -1.58. The number of nitrogens with zero attached hydrogens (tertiary/aromatic N) is 1. The third-order valence-electron chi connectivity index (χ3n) is 3.30. The van der Waals surface area contributed by atoms with E-state index in [4.69, 9.17) is 4.42 Å². The molecule has 2 nitrogen and oxygen atoms in total. The molecule has 0 radical (unpaired) electrons. The number of hydrogen-bond acceptors (Lipinski definition) is 2. The molecule has 0 atom stereocenters. The molecule has 0 bridgehead atoms. The van der Waals surface area contributed by atoms with Gasteiger partial charge in [0, 0.05) is 19.2 Å². The largest absolute Gasteiger partial charge is 0.462 e. The quantitative estimate of drug-likeness (QED) is 0.751. The summed E-state index contributed by atoms with van der Waals surface area (Å²) >= 11 is 0. The Morgan fingerprint density at radius 3 is 2.65 bits per heavy atom. The number of anilines is 1. The molecule has 0 N–H and O–H groups in total. The number of halogens is 2. The highest BCUT2D eigenvalue weighted by atomic mass is 19.2. The normalized spacial score (nSPS) is 16.7. The second-order valence-electron chi connectivity index (χ2n) is 4.40. The van der Waals surface area contributed by atoms with Crippen LogP contribution in [0, 0.1) is 11.6 Å². The first-order chi connectivity index (χ1) is 8.27. The molecule has 3 rings (SSSR count). The Morgan fingerprint density at radius 1 is 1.12 bits per heavy atom. The highest BCUT2D eigenvalue weighted by Crippen LogP contribution is 2.33. The van der Waals surface area contributed by atoms with Gasteiger partial charge in [0.25, 0.3) is 0 Å². The molecule has 1 saturated heterocycles. The zero-order valence-corrected chi connectivity index (χ0v) is 9.38. The topological polar surface area (TPSA) is 16.4 Å². The predicted molar refractivity (Wildman–Crippen MR) is 62.2 cm³/mol. The minimum Gasteiger partial charge on any atom is -0.462 e. The number of piperidine rings is 1. The number of rotatable bonds is 1. The standard InChI is InChI=1S/C13H13F2NO/c14-10-8-11(16-5-2-1-3-6-16)13-9(12(10)15)4-7-17-13/h4,7-8H,1-3,5-6H2. The van der Waals surface area contributed by atoms with Gasteiger partial charge in [0.05, 0.1) is 17.3 Å². The number of furan rings is 1. The van der Waals surface area contributed by atoms with Gasteiger partial charge in [0.15, 0.2) is 17.2 Å². The van der Waals surface area contributed by atoms with Gasteiger partial charge in [-0.25, -0.2) is 8.78 Å². The van der Waals surface area contributed by atoms with Crippen LogP contribution in [0.15, 0.2) is 22.8 Å². The van der Waals surface area contributed by atoms with Gasteiger partial charge in [-0.3, -0.25) is 0 Å². The first-order valence-electron chi connectivity index (χ1n) is 5.87. The van der Waals surface area contributed by atoms with Crippen LogP contribution < -0.4 is 4.90 Å². The smallest absolute Gasteiger partial charge is 0.170 e. The van der Waals surface area contributed by atoms with Crippen molar-refractivity contribution < 1.29 is 13.2 Å². The van der Waals surface area contributed by atoms with Crippen molar-refractivity contribution in [2.45, 2.75) is 19.3 Å². The van der Waals surface area contributed by atoms with Crippen LogP contribution in [-0.4, -0.2) is 13.1 Å².